The van der Waals surface area contributed by atoms with Crippen LogP contribution >= 0.6 is 47.0 Å². The van der Waals surface area contributed by atoms with Crippen LogP contribution in [0.25, 0.3) is 0 Å². The minimum atomic E-state index is -3.99. The number of benzene rings is 2. The number of thiocarbonyl (C=S) groups is 1. The SMILES string of the molecule is COC(=O)CC(=S)CC[C@@H](C)N(c1cc(Cl)ccc1Cl)S(=O)(=O)c1ccc(Cl)cc1. The molecule has 10 heteroatoms. The lowest BCUT2D eigenvalue weighted by atomic mass is 10.1. The Kier molecular flexibility index (Phi) is 8.94. The molecule has 5 nitrogen and oxygen atoms in total. The molecule has 0 heterocycles. The van der Waals surface area contributed by atoms with Crippen LogP contribution in [0, 0.1) is 0 Å². The Morgan fingerprint density at radius 2 is 1.70 bits per heavy atom. The molecule has 0 aromatic heterocycles. The number of anilines is 1. The van der Waals surface area contributed by atoms with Gasteiger partial charge in [-0.25, -0.2) is 8.42 Å². The van der Waals surface area contributed by atoms with Gasteiger partial charge in [0.2, 0.25) is 0 Å². The molecule has 2 aromatic carbocycles. The minimum absolute atomic E-state index is 0.000406. The molecule has 30 heavy (non-hydrogen) atoms. The lowest BCUT2D eigenvalue weighted by Gasteiger charge is -2.31. The van der Waals surface area contributed by atoms with Crippen LogP contribution in [0.1, 0.15) is 26.2 Å². The molecule has 162 valence electrons. The molecular weight excluding hydrogens is 489 g/mol. The molecule has 0 radical (unpaired) electrons. The molecule has 0 saturated carbocycles. The Bertz CT molecular complexity index is 1030. The quantitative estimate of drug-likeness (QED) is 0.310. The van der Waals surface area contributed by atoms with E-state index in [1.54, 1.807) is 13.0 Å². The number of hydrogen-bond donors (Lipinski definition) is 0. The normalized spacial score (nSPS) is 12.3. The molecule has 0 unspecified atom stereocenters. The number of carbonyl (C=O) groups is 1. The van der Waals surface area contributed by atoms with Crippen LogP contribution in [0.4, 0.5) is 5.69 Å². The fraction of sp³-hybridized carbons (Fsp3) is 0.300. The maximum Gasteiger partial charge on any atom is 0.310 e. The average molecular weight is 509 g/mol. The molecule has 0 amide bonds. The first kappa shape index (κ1) is 24.9. The Morgan fingerprint density at radius 1 is 1.10 bits per heavy atom. The minimum Gasteiger partial charge on any atom is -0.469 e. The van der Waals surface area contributed by atoms with Crippen molar-refractivity contribution in [2.45, 2.75) is 37.1 Å². The smallest absolute Gasteiger partial charge is 0.310 e. The van der Waals surface area contributed by atoms with Gasteiger partial charge in [-0.3, -0.25) is 9.10 Å². The van der Waals surface area contributed by atoms with Gasteiger partial charge in [0.15, 0.2) is 0 Å². The van der Waals surface area contributed by atoms with Crippen LogP contribution in [-0.2, 0) is 19.6 Å². The summed E-state index contributed by atoms with van der Waals surface area (Å²) in [7, 11) is -2.70. The van der Waals surface area contributed by atoms with E-state index in [9.17, 15) is 13.2 Å². The summed E-state index contributed by atoms with van der Waals surface area (Å²) < 4.78 is 32.8. The number of nitrogens with zero attached hydrogens (tertiary/aromatic N) is 1. The first-order chi connectivity index (χ1) is 14.1. The molecule has 0 bridgehead atoms. The molecule has 0 aliphatic heterocycles. The maximum absolute atomic E-state index is 13.5. The summed E-state index contributed by atoms with van der Waals surface area (Å²) in [5.74, 6) is -0.434. The monoisotopic (exact) mass is 507 g/mol. The highest BCUT2D eigenvalue weighted by atomic mass is 35.5. The van der Waals surface area contributed by atoms with Gasteiger partial charge in [0, 0.05) is 21.0 Å². The van der Waals surface area contributed by atoms with Crippen LogP contribution in [0.5, 0.6) is 0 Å². The number of methoxy groups -OCH3 is 1. The standard InChI is InChI=1S/C20H20Cl3NO4S2/c1-13(3-7-16(29)12-20(25)28-2)24(19-11-15(22)6-10-18(19)23)30(26,27)17-8-4-14(21)5-9-17/h4-6,8-11,13H,3,7,12H2,1-2H3/t13-/m1/s1. The van der Waals surface area contributed by atoms with Crippen LogP contribution in [0.3, 0.4) is 0 Å². The molecular formula is C20H20Cl3NO4S2. The maximum atomic E-state index is 13.5. The average Bonchev–Trinajstić information content (AvgIpc) is 2.69. The van der Waals surface area contributed by atoms with Crippen LogP contribution < -0.4 is 4.31 Å². The molecule has 0 fully saturated rings. The van der Waals surface area contributed by atoms with Crippen molar-refractivity contribution in [2.24, 2.45) is 0 Å². The number of rotatable bonds is 9. The topological polar surface area (TPSA) is 63.7 Å². The third kappa shape index (κ3) is 6.31. The molecule has 1 atom stereocenters. The molecule has 2 aromatic rings. The van der Waals surface area contributed by atoms with Crippen LogP contribution in [0.15, 0.2) is 47.4 Å². The van der Waals surface area contributed by atoms with Gasteiger partial charge in [0.05, 0.1) is 29.1 Å². The van der Waals surface area contributed by atoms with Crippen molar-refractivity contribution in [3.05, 3.63) is 57.5 Å². The Balaban J connectivity index is 2.41. The number of carbonyl (C=O) groups excluding carboxylic acids is 1. The molecule has 0 spiro atoms. The zero-order valence-corrected chi connectivity index (χ0v) is 20.2. The van der Waals surface area contributed by atoms with Gasteiger partial charge >= 0.3 is 5.97 Å². The van der Waals surface area contributed by atoms with Crippen molar-refractivity contribution in [3.8, 4) is 0 Å². The fourth-order valence-electron chi connectivity index (χ4n) is 2.79. The van der Waals surface area contributed by atoms with Crippen molar-refractivity contribution >= 4 is 73.6 Å². The molecule has 0 aliphatic rings. The highest BCUT2D eigenvalue weighted by Crippen LogP contribution is 2.35. The number of ether oxygens (including phenoxy) is 1. The summed E-state index contributed by atoms with van der Waals surface area (Å²) in [5, 5.41) is 1.00. The summed E-state index contributed by atoms with van der Waals surface area (Å²) in [6, 6.07) is 9.95. The highest BCUT2D eigenvalue weighted by Gasteiger charge is 2.31. The van der Waals surface area contributed by atoms with E-state index in [1.165, 1.54) is 47.8 Å². The second-order valence-corrected chi connectivity index (χ2v) is 10.2. The van der Waals surface area contributed by atoms with Crippen molar-refractivity contribution in [3.63, 3.8) is 0 Å². The third-order valence-electron chi connectivity index (χ3n) is 4.33. The van der Waals surface area contributed by atoms with E-state index >= 15 is 0 Å². The predicted octanol–water partition coefficient (Wildman–Crippen LogP) is 5.94. The third-order valence-corrected chi connectivity index (χ3v) is 7.42. The summed E-state index contributed by atoms with van der Waals surface area (Å²) >= 11 is 23.6. The van der Waals surface area contributed by atoms with Crippen molar-refractivity contribution in [1.82, 2.24) is 0 Å². The summed E-state index contributed by atoms with van der Waals surface area (Å²) in [6.45, 7) is 1.74. The van der Waals surface area contributed by atoms with Crippen molar-refractivity contribution in [2.75, 3.05) is 11.4 Å². The first-order valence-corrected chi connectivity index (χ1v) is 11.9. The van der Waals surface area contributed by atoms with Crippen LogP contribution in [-0.4, -0.2) is 32.4 Å². The van der Waals surface area contributed by atoms with Crippen molar-refractivity contribution in [1.29, 1.82) is 0 Å². The van der Waals surface area contributed by atoms with E-state index in [1.807, 2.05) is 0 Å². The Labute approximate surface area is 196 Å². The van der Waals surface area contributed by atoms with Gasteiger partial charge in [-0.1, -0.05) is 47.0 Å². The molecule has 0 N–H and O–H groups in total. The predicted molar refractivity (Wildman–Crippen MR) is 126 cm³/mol. The fourth-order valence-corrected chi connectivity index (χ4v) is 5.27. The second-order valence-electron chi connectivity index (χ2n) is 6.53. The second kappa shape index (κ2) is 10.8. The molecule has 2 rings (SSSR count). The number of halogens is 3. The van der Waals surface area contributed by atoms with E-state index in [4.69, 9.17) is 47.0 Å². The highest BCUT2D eigenvalue weighted by molar-refractivity contribution is 7.92. The lowest BCUT2D eigenvalue weighted by Crippen LogP contribution is -2.39. The summed E-state index contributed by atoms with van der Waals surface area (Å²) in [4.78, 5) is 12.0. The number of esters is 1. The molecule has 0 saturated heterocycles. The van der Waals surface area contributed by atoms with Gasteiger partial charge in [-0.15, -0.1) is 0 Å². The lowest BCUT2D eigenvalue weighted by molar-refractivity contribution is -0.139. The van der Waals surface area contributed by atoms with E-state index in [2.05, 4.69) is 4.74 Å². The van der Waals surface area contributed by atoms with Gasteiger partial charge in [0.25, 0.3) is 10.0 Å². The number of hydrogen-bond acceptors (Lipinski definition) is 5. The van der Waals surface area contributed by atoms with Crippen molar-refractivity contribution < 1.29 is 17.9 Å². The number of sulfonamides is 1. The van der Waals surface area contributed by atoms with E-state index in [0.717, 1.165) is 0 Å². The Morgan fingerprint density at radius 3 is 2.30 bits per heavy atom. The first-order valence-electron chi connectivity index (χ1n) is 8.90. The van der Waals surface area contributed by atoms with Gasteiger partial charge in [-0.05, 0) is 62.2 Å². The van der Waals surface area contributed by atoms with E-state index in [0.29, 0.717) is 27.8 Å². The molecule has 0 aliphatic carbocycles. The van der Waals surface area contributed by atoms with Gasteiger partial charge in [0.1, 0.15) is 0 Å². The summed E-state index contributed by atoms with van der Waals surface area (Å²) in [6.07, 6.45) is 0.725. The van der Waals surface area contributed by atoms with Gasteiger partial charge < -0.3 is 4.74 Å². The van der Waals surface area contributed by atoms with E-state index in [-0.39, 0.29) is 22.0 Å². The summed E-state index contributed by atoms with van der Waals surface area (Å²) in [5.41, 5.74) is 0.255. The largest absolute Gasteiger partial charge is 0.469 e. The Hall–Kier alpha value is -1.38. The zero-order chi connectivity index (χ0) is 22.5. The van der Waals surface area contributed by atoms with Gasteiger partial charge in [-0.2, -0.15) is 0 Å². The van der Waals surface area contributed by atoms with E-state index < -0.39 is 22.0 Å². The van der Waals surface area contributed by atoms with Crippen LogP contribution in [0.2, 0.25) is 15.1 Å². The zero-order valence-electron chi connectivity index (χ0n) is 16.3.